The van der Waals surface area contributed by atoms with E-state index < -0.39 is 0 Å². The van der Waals surface area contributed by atoms with Gasteiger partial charge in [0.1, 0.15) is 0 Å². The molecule has 1 aliphatic heterocycles. The van der Waals surface area contributed by atoms with Crippen molar-refractivity contribution in [2.45, 2.75) is 25.9 Å². The van der Waals surface area contributed by atoms with Crippen molar-refractivity contribution in [1.82, 2.24) is 4.98 Å². The first-order valence-electron chi connectivity index (χ1n) is 5.36. The molecule has 16 heavy (non-hydrogen) atoms. The maximum atomic E-state index is 11.5. The van der Waals surface area contributed by atoms with Crippen molar-refractivity contribution in [3.8, 4) is 0 Å². The minimum absolute atomic E-state index is 0.0162. The molecule has 2 heterocycles. The van der Waals surface area contributed by atoms with Crippen molar-refractivity contribution in [2.75, 3.05) is 18.5 Å². The highest BCUT2D eigenvalue weighted by atomic mass is 32.1. The Bertz CT molecular complexity index is 355. The molecule has 0 radical (unpaired) electrons. The van der Waals surface area contributed by atoms with Crippen molar-refractivity contribution in [3.63, 3.8) is 0 Å². The summed E-state index contributed by atoms with van der Waals surface area (Å²) in [6.45, 7) is 1.87. The van der Waals surface area contributed by atoms with Gasteiger partial charge in [0, 0.05) is 12.8 Å². The minimum Gasteiger partial charge on any atom is -0.375 e. The molecule has 0 unspecified atom stereocenters. The van der Waals surface area contributed by atoms with Crippen LogP contribution in [0.5, 0.6) is 0 Å². The number of anilines is 1. The number of nitrogens with two attached hydrogens (primary N) is 1. The Hall–Kier alpha value is -0.980. The molecule has 6 heteroatoms. The van der Waals surface area contributed by atoms with Crippen molar-refractivity contribution < 1.29 is 9.53 Å². The topological polar surface area (TPSA) is 77.2 Å². The molecule has 1 aromatic heterocycles. The van der Waals surface area contributed by atoms with Gasteiger partial charge in [-0.1, -0.05) is 11.3 Å². The second-order valence-corrected chi connectivity index (χ2v) is 4.72. The van der Waals surface area contributed by atoms with Crippen molar-refractivity contribution in [1.29, 1.82) is 0 Å². The van der Waals surface area contributed by atoms with Gasteiger partial charge >= 0.3 is 0 Å². The zero-order valence-electron chi connectivity index (χ0n) is 8.99. The number of hydrogen-bond donors (Lipinski definition) is 2. The van der Waals surface area contributed by atoms with Gasteiger partial charge in [0.15, 0.2) is 5.13 Å². The van der Waals surface area contributed by atoms with Crippen LogP contribution in [-0.2, 0) is 22.6 Å². The number of nitrogens with one attached hydrogen (secondary N) is 1. The summed E-state index contributed by atoms with van der Waals surface area (Å²) in [5, 5.41) is 3.47. The highest BCUT2D eigenvalue weighted by Crippen LogP contribution is 2.26. The number of rotatable bonds is 4. The van der Waals surface area contributed by atoms with Gasteiger partial charge in [-0.05, 0) is 13.0 Å². The molecule has 5 nitrogen and oxygen atoms in total. The first-order chi connectivity index (χ1) is 7.79. The second kappa shape index (κ2) is 5.38. The largest absolute Gasteiger partial charge is 0.375 e. The van der Waals surface area contributed by atoms with Gasteiger partial charge in [-0.2, -0.15) is 0 Å². The second-order valence-electron chi connectivity index (χ2n) is 3.63. The first-order valence-corrected chi connectivity index (χ1v) is 6.17. The van der Waals surface area contributed by atoms with Crippen molar-refractivity contribution in [3.05, 3.63) is 10.6 Å². The predicted octanol–water partition coefficient (Wildman–Crippen LogP) is 0.893. The van der Waals surface area contributed by atoms with Gasteiger partial charge in [0.25, 0.3) is 0 Å². The van der Waals surface area contributed by atoms with E-state index in [1.54, 1.807) is 0 Å². The number of ether oxygens (including phenoxy) is 1. The molecule has 0 bridgehead atoms. The third-order valence-corrected chi connectivity index (χ3v) is 3.34. The average Bonchev–Trinajstić information content (AvgIpc) is 2.68. The Balaban J connectivity index is 1.94. The molecular formula is C10H15N3O2S. The van der Waals surface area contributed by atoms with E-state index >= 15 is 0 Å². The van der Waals surface area contributed by atoms with Crippen molar-refractivity contribution >= 4 is 22.4 Å². The SMILES string of the molecule is NCCCC(=O)Nc1nc2c(s1)COCC2. The highest BCUT2D eigenvalue weighted by Gasteiger charge is 2.16. The van der Waals surface area contributed by atoms with Crippen LogP contribution in [0.2, 0.25) is 0 Å². The van der Waals surface area contributed by atoms with Crippen LogP contribution in [0.4, 0.5) is 5.13 Å². The Kier molecular flexibility index (Phi) is 3.87. The number of carbonyl (C=O) groups excluding carboxylic acids is 1. The van der Waals surface area contributed by atoms with Crippen LogP contribution in [0.3, 0.4) is 0 Å². The number of thiazole rings is 1. The lowest BCUT2D eigenvalue weighted by Crippen LogP contribution is -2.13. The quantitative estimate of drug-likeness (QED) is 0.820. The summed E-state index contributed by atoms with van der Waals surface area (Å²) in [6.07, 6.45) is 2.00. The Labute approximate surface area is 98.0 Å². The van der Waals surface area contributed by atoms with Gasteiger partial charge < -0.3 is 15.8 Å². The van der Waals surface area contributed by atoms with Crippen LogP contribution < -0.4 is 11.1 Å². The fraction of sp³-hybridized carbons (Fsp3) is 0.600. The fourth-order valence-electron chi connectivity index (χ4n) is 1.52. The molecule has 0 fully saturated rings. The number of fused-ring (bicyclic) bond motifs is 1. The van der Waals surface area contributed by atoms with Crippen LogP contribution in [0, 0.1) is 0 Å². The molecule has 88 valence electrons. The molecule has 0 aromatic carbocycles. The Morgan fingerprint density at radius 1 is 1.62 bits per heavy atom. The van der Waals surface area contributed by atoms with Crippen LogP contribution >= 0.6 is 11.3 Å². The predicted molar refractivity (Wildman–Crippen MR) is 62.4 cm³/mol. The molecule has 1 aliphatic rings. The standard InChI is InChI=1S/C10H15N3O2S/c11-4-1-2-9(14)13-10-12-7-3-5-15-6-8(7)16-10/h1-6,11H2,(H,12,13,14). The molecule has 0 saturated carbocycles. The number of carbonyl (C=O) groups is 1. The van der Waals surface area contributed by atoms with Crippen LogP contribution in [0.15, 0.2) is 0 Å². The summed E-state index contributed by atoms with van der Waals surface area (Å²) >= 11 is 1.50. The Morgan fingerprint density at radius 3 is 3.25 bits per heavy atom. The van der Waals surface area contributed by atoms with Crippen LogP contribution in [0.25, 0.3) is 0 Å². The summed E-state index contributed by atoms with van der Waals surface area (Å²) in [5.41, 5.74) is 6.40. The maximum Gasteiger partial charge on any atom is 0.226 e. The van der Waals surface area contributed by atoms with Gasteiger partial charge in [0.2, 0.25) is 5.91 Å². The summed E-state index contributed by atoms with van der Waals surface area (Å²) in [7, 11) is 0. The summed E-state index contributed by atoms with van der Waals surface area (Å²) in [6, 6.07) is 0. The van der Waals surface area contributed by atoms with Crippen LogP contribution in [0.1, 0.15) is 23.4 Å². The van der Waals surface area contributed by atoms with Gasteiger partial charge in [-0.3, -0.25) is 4.79 Å². The lowest BCUT2D eigenvalue weighted by Gasteiger charge is -2.08. The highest BCUT2D eigenvalue weighted by molar-refractivity contribution is 7.15. The molecule has 1 aromatic rings. The number of nitrogens with zero attached hydrogens (tertiary/aromatic N) is 1. The number of amides is 1. The molecule has 3 N–H and O–H groups in total. The molecule has 1 amide bonds. The van der Waals surface area contributed by atoms with Crippen LogP contribution in [-0.4, -0.2) is 24.0 Å². The zero-order valence-corrected chi connectivity index (χ0v) is 9.81. The minimum atomic E-state index is -0.0162. The van der Waals surface area contributed by atoms with E-state index in [1.807, 2.05) is 0 Å². The summed E-state index contributed by atoms with van der Waals surface area (Å²) < 4.78 is 5.32. The van der Waals surface area contributed by atoms with E-state index in [1.165, 1.54) is 11.3 Å². The molecule has 0 atom stereocenters. The van der Waals surface area contributed by atoms with Gasteiger partial charge in [-0.25, -0.2) is 4.98 Å². The summed E-state index contributed by atoms with van der Waals surface area (Å²) in [4.78, 5) is 17.0. The van der Waals surface area contributed by atoms with E-state index in [-0.39, 0.29) is 5.91 Å². The Morgan fingerprint density at radius 2 is 2.50 bits per heavy atom. The number of aromatic nitrogens is 1. The lowest BCUT2D eigenvalue weighted by atomic mass is 10.2. The summed E-state index contributed by atoms with van der Waals surface area (Å²) in [5.74, 6) is -0.0162. The van der Waals surface area contributed by atoms with E-state index in [2.05, 4.69) is 10.3 Å². The molecule has 0 saturated heterocycles. The van der Waals surface area contributed by atoms with Crippen molar-refractivity contribution in [2.24, 2.45) is 5.73 Å². The average molecular weight is 241 g/mol. The monoisotopic (exact) mass is 241 g/mol. The molecule has 0 aliphatic carbocycles. The smallest absolute Gasteiger partial charge is 0.226 e. The molecular weight excluding hydrogens is 226 g/mol. The third kappa shape index (κ3) is 2.78. The van der Waals surface area contributed by atoms with Gasteiger partial charge in [-0.15, -0.1) is 0 Å². The van der Waals surface area contributed by atoms with E-state index in [4.69, 9.17) is 10.5 Å². The first kappa shape index (κ1) is 11.5. The van der Waals surface area contributed by atoms with E-state index in [0.717, 1.165) is 23.6 Å². The normalized spacial score (nSPS) is 14.6. The molecule has 2 rings (SSSR count). The zero-order chi connectivity index (χ0) is 11.4. The third-order valence-electron chi connectivity index (χ3n) is 2.35. The van der Waals surface area contributed by atoms with E-state index in [9.17, 15) is 4.79 Å². The fourth-order valence-corrected chi connectivity index (χ4v) is 2.48. The lowest BCUT2D eigenvalue weighted by molar-refractivity contribution is -0.116. The molecule has 0 spiro atoms. The van der Waals surface area contributed by atoms with E-state index in [0.29, 0.717) is 31.1 Å². The number of hydrogen-bond acceptors (Lipinski definition) is 5. The maximum absolute atomic E-state index is 11.5. The van der Waals surface area contributed by atoms with Gasteiger partial charge in [0.05, 0.1) is 23.8 Å².